The smallest absolute Gasteiger partial charge is 0.416 e. The van der Waals surface area contributed by atoms with Crippen molar-refractivity contribution in [2.45, 2.75) is 31.5 Å². The number of carbonyl (C=O) groups is 2. The van der Waals surface area contributed by atoms with Crippen LogP contribution in [0.15, 0.2) is 34.9 Å². The number of likely N-dealkylation sites (tertiary alicyclic amines) is 1. The number of amides is 1. The fourth-order valence-electron chi connectivity index (χ4n) is 4.00. The molecule has 32 heavy (non-hydrogen) atoms. The van der Waals surface area contributed by atoms with Crippen LogP contribution in [0, 0.1) is 11.8 Å². The lowest BCUT2D eigenvalue weighted by Gasteiger charge is -2.37. The molecule has 7 nitrogen and oxygen atoms in total. The lowest BCUT2D eigenvalue weighted by Crippen LogP contribution is -2.54. The van der Waals surface area contributed by atoms with Gasteiger partial charge < -0.3 is 19.5 Å². The molecule has 2 fully saturated rings. The summed E-state index contributed by atoms with van der Waals surface area (Å²) < 4.78 is 48.3. The maximum absolute atomic E-state index is 12.7. The first kappa shape index (κ1) is 22.3. The number of carbonyl (C=O) groups excluding carboxylic acids is 2. The minimum atomic E-state index is -4.44. The van der Waals surface area contributed by atoms with Gasteiger partial charge in [0.05, 0.1) is 18.6 Å². The summed E-state index contributed by atoms with van der Waals surface area (Å²) in [5, 5.41) is 6.59. The van der Waals surface area contributed by atoms with Crippen LogP contribution in [0.25, 0.3) is 11.3 Å². The summed E-state index contributed by atoms with van der Waals surface area (Å²) in [5.74, 6) is -0.508. The summed E-state index contributed by atoms with van der Waals surface area (Å²) in [6.45, 7) is 2.24. The van der Waals surface area contributed by atoms with E-state index in [4.69, 9.17) is 9.26 Å². The largest absolute Gasteiger partial charge is 0.469 e. The summed E-state index contributed by atoms with van der Waals surface area (Å²) >= 11 is 0. The predicted octanol–water partition coefficient (Wildman–Crippen LogP) is 3.36. The third-order valence-electron chi connectivity index (χ3n) is 5.97. The molecule has 1 aromatic carbocycles. The standard InChI is InChI=1S/C22H24F3N3O4/c1-31-21(30)16-12-28(11-13-2-3-13)9-8-17(16)26-20(29)18-10-19(32-27-18)14-4-6-15(7-5-14)22(23,24)25/h4-7,10,13,16-17H,2-3,8-9,11-12H2,1H3,(H,26,29). The van der Waals surface area contributed by atoms with Crippen molar-refractivity contribution in [2.24, 2.45) is 11.8 Å². The van der Waals surface area contributed by atoms with Gasteiger partial charge in [-0.15, -0.1) is 0 Å². The highest BCUT2D eigenvalue weighted by Gasteiger charge is 2.38. The second-order valence-corrected chi connectivity index (χ2v) is 8.35. The maximum Gasteiger partial charge on any atom is 0.416 e. The van der Waals surface area contributed by atoms with Crippen molar-refractivity contribution in [1.82, 2.24) is 15.4 Å². The molecule has 0 radical (unpaired) electrons. The van der Waals surface area contributed by atoms with Gasteiger partial charge in [0.15, 0.2) is 11.5 Å². The number of hydrogen-bond acceptors (Lipinski definition) is 6. The number of piperidine rings is 1. The first-order chi connectivity index (χ1) is 15.2. The Kier molecular flexibility index (Phi) is 6.23. The Bertz CT molecular complexity index is 970. The predicted molar refractivity (Wildman–Crippen MR) is 107 cm³/mol. The minimum Gasteiger partial charge on any atom is -0.469 e. The summed E-state index contributed by atoms with van der Waals surface area (Å²) in [6.07, 6.45) is -1.41. The first-order valence-electron chi connectivity index (χ1n) is 10.5. The minimum absolute atomic E-state index is 0.0103. The monoisotopic (exact) mass is 451 g/mol. The summed E-state index contributed by atoms with van der Waals surface area (Å²) in [4.78, 5) is 27.3. The highest BCUT2D eigenvalue weighted by atomic mass is 19.4. The van der Waals surface area contributed by atoms with Crippen LogP contribution in [0.4, 0.5) is 13.2 Å². The lowest BCUT2D eigenvalue weighted by atomic mass is 9.91. The van der Waals surface area contributed by atoms with E-state index in [2.05, 4.69) is 15.4 Å². The van der Waals surface area contributed by atoms with Gasteiger partial charge in [-0.1, -0.05) is 17.3 Å². The number of methoxy groups -OCH3 is 1. The molecular formula is C22H24F3N3O4. The zero-order valence-corrected chi connectivity index (χ0v) is 17.5. The van der Waals surface area contributed by atoms with E-state index in [1.807, 2.05) is 0 Å². The van der Waals surface area contributed by atoms with Crippen LogP contribution in [0.5, 0.6) is 0 Å². The molecule has 1 saturated carbocycles. The van der Waals surface area contributed by atoms with Gasteiger partial charge in [0.1, 0.15) is 0 Å². The molecule has 2 aromatic rings. The number of alkyl halides is 3. The molecule has 10 heteroatoms. The summed E-state index contributed by atoms with van der Waals surface area (Å²) in [6, 6.07) is 5.36. The Morgan fingerprint density at radius 1 is 1.22 bits per heavy atom. The van der Waals surface area contributed by atoms with Gasteiger partial charge >= 0.3 is 12.1 Å². The Morgan fingerprint density at radius 2 is 1.94 bits per heavy atom. The molecule has 2 atom stereocenters. The Morgan fingerprint density at radius 3 is 2.56 bits per heavy atom. The van der Waals surface area contributed by atoms with Crippen molar-refractivity contribution < 1.29 is 32.0 Å². The zero-order chi connectivity index (χ0) is 22.9. The molecule has 0 bridgehead atoms. The van der Waals surface area contributed by atoms with Crippen molar-refractivity contribution in [3.8, 4) is 11.3 Å². The number of nitrogens with zero attached hydrogens (tertiary/aromatic N) is 2. The van der Waals surface area contributed by atoms with Gasteiger partial charge in [-0.3, -0.25) is 9.59 Å². The van der Waals surface area contributed by atoms with Crippen LogP contribution in [0.3, 0.4) is 0 Å². The van der Waals surface area contributed by atoms with Gasteiger partial charge in [0.2, 0.25) is 0 Å². The molecular weight excluding hydrogens is 427 g/mol. The Hall–Kier alpha value is -2.88. The molecule has 1 amide bonds. The summed E-state index contributed by atoms with van der Waals surface area (Å²) in [5.41, 5.74) is -0.421. The number of halogens is 3. The van der Waals surface area contributed by atoms with Crippen molar-refractivity contribution in [2.75, 3.05) is 26.7 Å². The van der Waals surface area contributed by atoms with Crippen molar-refractivity contribution in [3.63, 3.8) is 0 Å². The average molecular weight is 451 g/mol. The van der Waals surface area contributed by atoms with Crippen LogP contribution >= 0.6 is 0 Å². The van der Waals surface area contributed by atoms with Crippen LogP contribution < -0.4 is 5.32 Å². The van der Waals surface area contributed by atoms with Gasteiger partial charge in [-0.25, -0.2) is 0 Å². The second-order valence-electron chi connectivity index (χ2n) is 8.35. The van der Waals surface area contributed by atoms with Crippen LogP contribution in [-0.4, -0.2) is 54.7 Å². The molecule has 172 valence electrons. The Balaban J connectivity index is 1.42. The molecule has 1 N–H and O–H groups in total. The second kappa shape index (κ2) is 8.93. The van der Waals surface area contributed by atoms with E-state index in [-0.39, 0.29) is 17.4 Å². The normalized spacial score (nSPS) is 21.9. The molecule has 1 aliphatic carbocycles. The number of benzene rings is 1. The number of aromatic nitrogens is 1. The lowest BCUT2D eigenvalue weighted by molar-refractivity contribution is -0.148. The molecule has 1 aromatic heterocycles. The van der Waals surface area contributed by atoms with Gasteiger partial charge in [-0.05, 0) is 37.3 Å². The summed E-state index contributed by atoms with van der Waals surface area (Å²) in [7, 11) is 1.33. The fraction of sp³-hybridized carbons (Fsp3) is 0.500. The maximum atomic E-state index is 12.7. The first-order valence-corrected chi connectivity index (χ1v) is 10.5. The van der Waals surface area contributed by atoms with Gasteiger partial charge in [0, 0.05) is 37.3 Å². The molecule has 2 heterocycles. The van der Waals surface area contributed by atoms with E-state index in [1.165, 1.54) is 38.2 Å². The van der Waals surface area contributed by atoms with Crippen LogP contribution in [0.1, 0.15) is 35.3 Å². The molecule has 1 saturated heterocycles. The van der Waals surface area contributed by atoms with E-state index in [0.29, 0.717) is 24.4 Å². The average Bonchev–Trinajstić information content (AvgIpc) is 3.44. The van der Waals surface area contributed by atoms with E-state index in [9.17, 15) is 22.8 Å². The van der Waals surface area contributed by atoms with E-state index >= 15 is 0 Å². The van der Waals surface area contributed by atoms with Gasteiger partial charge in [0.25, 0.3) is 5.91 Å². The number of nitrogens with one attached hydrogen (secondary N) is 1. The molecule has 2 unspecified atom stereocenters. The fourth-order valence-corrected chi connectivity index (χ4v) is 4.00. The number of hydrogen-bond donors (Lipinski definition) is 1. The quantitative estimate of drug-likeness (QED) is 0.678. The van der Waals surface area contributed by atoms with E-state index in [1.54, 1.807) is 0 Å². The third-order valence-corrected chi connectivity index (χ3v) is 5.97. The van der Waals surface area contributed by atoms with Crippen molar-refractivity contribution in [1.29, 1.82) is 0 Å². The third kappa shape index (κ3) is 5.12. The van der Waals surface area contributed by atoms with E-state index < -0.39 is 29.6 Å². The van der Waals surface area contributed by atoms with Crippen molar-refractivity contribution >= 4 is 11.9 Å². The topological polar surface area (TPSA) is 84.7 Å². The van der Waals surface area contributed by atoms with E-state index in [0.717, 1.165) is 25.2 Å². The number of ether oxygens (including phenoxy) is 1. The molecule has 4 rings (SSSR count). The van der Waals surface area contributed by atoms with Crippen LogP contribution in [0.2, 0.25) is 0 Å². The molecule has 1 aliphatic heterocycles. The zero-order valence-electron chi connectivity index (χ0n) is 17.5. The van der Waals surface area contributed by atoms with Crippen molar-refractivity contribution in [3.05, 3.63) is 41.6 Å². The highest BCUT2D eigenvalue weighted by molar-refractivity contribution is 5.93. The van der Waals surface area contributed by atoms with Gasteiger partial charge in [-0.2, -0.15) is 13.2 Å². The molecule has 2 aliphatic rings. The molecule has 0 spiro atoms. The number of rotatable bonds is 6. The highest BCUT2D eigenvalue weighted by Crippen LogP contribution is 2.32. The van der Waals surface area contributed by atoms with Crippen LogP contribution in [-0.2, 0) is 15.7 Å². The SMILES string of the molecule is COC(=O)C1CN(CC2CC2)CCC1NC(=O)c1cc(-c2ccc(C(F)(F)F)cc2)on1. The number of esters is 1. The Labute approximate surface area is 182 Å².